The minimum Gasteiger partial charge on any atom is -0.381 e. The molecule has 0 bridgehead atoms. The van der Waals surface area contributed by atoms with Crippen LogP contribution in [0.5, 0.6) is 0 Å². The molecule has 1 atom stereocenters. The minimum absolute atomic E-state index is 0.0645. The molecule has 0 spiro atoms. The van der Waals surface area contributed by atoms with Crippen molar-refractivity contribution in [2.45, 2.75) is 57.9 Å². The molecule has 128 valence electrons. The van der Waals surface area contributed by atoms with Crippen molar-refractivity contribution in [3.05, 3.63) is 15.6 Å². The first-order valence-electron chi connectivity index (χ1n) is 8.82. The molecule has 1 unspecified atom stereocenters. The summed E-state index contributed by atoms with van der Waals surface area (Å²) in [7, 11) is 0. The second kappa shape index (κ2) is 8.11. The highest BCUT2D eigenvalue weighted by atomic mass is 32.1. The molecule has 1 aromatic heterocycles. The van der Waals surface area contributed by atoms with Crippen LogP contribution in [-0.2, 0) is 24.0 Å². The lowest BCUT2D eigenvalue weighted by molar-refractivity contribution is 0.0571. The third kappa shape index (κ3) is 4.67. The number of nitrogens with one attached hydrogen (secondary N) is 2. The summed E-state index contributed by atoms with van der Waals surface area (Å²) in [6.45, 7) is 4.36. The van der Waals surface area contributed by atoms with Crippen molar-refractivity contribution in [2.75, 3.05) is 19.8 Å². The Morgan fingerprint density at radius 1 is 1.35 bits per heavy atom. The predicted octanol–water partition coefficient (Wildman–Crippen LogP) is 2.68. The first-order chi connectivity index (χ1) is 11.2. The first-order valence-corrected chi connectivity index (χ1v) is 9.63. The Morgan fingerprint density at radius 3 is 2.91 bits per heavy atom. The summed E-state index contributed by atoms with van der Waals surface area (Å²) in [5.74, 6) is 0.528. The second-order valence-corrected chi connectivity index (χ2v) is 7.74. The van der Waals surface area contributed by atoms with E-state index in [0.717, 1.165) is 43.9 Å². The van der Waals surface area contributed by atoms with Gasteiger partial charge >= 0.3 is 6.03 Å². The fourth-order valence-electron chi connectivity index (χ4n) is 3.39. The summed E-state index contributed by atoms with van der Waals surface area (Å²) in [6, 6.07) is 0.136. The van der Waals surface area contributed by atoms with E-state index in [-0.39, 0.29) is 12.1 Å². The molecule has 6 heteroatoms. The summed E-state index contributed by atoms with van der Waals surface area (Å²) < 4.78 is 5.37. The van der Waals surface area contributed by atoms with Gasteiger partial charge < -0.3 is 15.4 Å². The molecule has 1 aliphatic heterocycles. The number of aromatic nitrogens is 1. The van der Waals surface area contributed by atoms with Crippen LogP contribution in [-0.4, -0.2) is 36.8 Å². The average Bonchev–Trinajstić information content (AvgIpc) is 2.98. The molecular weight excluding hydrogens is 310 g/mol. The Bertz CT molecular complexity index is 502. The van der Waals surface area contributed by atoms with Gasteiger partial charge in [0.25, 0.3) is 0 Å². The van der Waals surface area contributed by atoms with E-state index in [4.69, 9.17) is 9.72 Å². The van der Waals surface area contributed by atoms with E-state index in [1.165, 1.54) is 29.8 Å². The van der Waals surface area contributed by atoms with Crippen LogP contribution in [0, 0.1) is 5.92 Å². The van der Waals surface area contributed by atoms with Gasteiger partial charge in [0.1, 0.15) is 0 Å². The number of carbonyl (C=O) groups excluding carboxylic acids is 1. The van der Waals surface area contributed by atoms with Crippen LogP contribution < -0.4 is 10.6 Å². The summed E-state index contributed by atoms with van der Waals surface area (Å²) >= 11 is 1.83. The topological polar surface area (TPSA) is 63.2 Å². The smallest absolute Gasteiger partial charge is 0.315 e. The van der Waals surface area contributed by atoms with Crippen molar-refractivity contribution in [2.24, 2.45) is 5.92 Å². The molecule has 2 amide bonds. The average molecular weight is 337 g/mol. The van der Waals surface area contributed by atoms with Gasteiger partial charge in [-0.1, -0.05) is 0 Å². The van der Waals surface area contributed by atoms with Gasteiger partial charge in [0.05, 0.1) is 10.7 Å². The number of amides is 2. The van der Waals surface area contributed by atoms with Crippen molar-refractivity contribution in [1.82, 2.24) is 15.6 Å². The Morgan fingerprint density at radius 2 is 2.13 bits per heavy atom. The van der Waals surface area contributed by atoms with Crippen molar-refractivity contribution >= 4 is 17.4 Å². The van der Waals surface area contributed by atoms with Crippen LogP contribution >= 0.6 is 11.3 Å². The van der Waals surface area contributed by atoms with Crippen molar-refractivity contribution in [3.63, 3.8) is 0 Å². The van der Waals surface area contributed by atoms with Crippen LogP contribution in [0.3, 0.4) is 0 Å². The number of ether oxygens (including phenoxy) is 1. The summed E-state index contributed by atoms with van der Waals surface area (Å²) in [5, 5.41) is 7.19. The fourth-order valence-corrected chi connectivity index (χ4v) is 4.54. The zero-order valence-electron chi connectivity index (χ0n) is 13.9. The van der Waals surface area contributed by atoms with E-state index in [0.29, 0.717) is 12.5 Å². The van der Waals surface area contributed by atoms with Gasteiger partial charge in [0.15, 0.2) is 0 Å². The number of aryl methyl sites for hydroxylation is 2. The van der Waals surface area contributed by atoms with Crippen LogP contribution in [0.25, 0.3) is 0 Å². The molecule has 2 heterocycles. The van der Waals surface area contributed by atoms with Gasteiger partial charge in [-0.05, 0) is 51.4 Å². The molecule has 2 aliphatic rings. The molecule has 0 saturated carbocycles. The maximum absolute atomic E-state index is 12.0. The van der Waals surface area contributed by atoms with Gasteiger partial charge in [-0.2, -0.15) is 0 Å². The second-order valence-electron chi connectivity index (χ2n) is 6.57. The Balaban J connectivity index is 1.38. The minimum atomic E-state index is -0.0645. The number of rotatable bonds is 5. The molecule has 3 rings (SSSR count). The largest absolute Gasteiger partial charge is 0.381 e. The number of thiazole rings is 1. The number of carbonyl (C=O) groups is 1. The molecular formula is C17H27N3O2S. The van der Waals surface area contributed by atoms with Crippen LogP contribution in [0.4, 0.5) is 4.79 Å². The highest BCUT2D eigenvalue weighted by molar-refractivity contribution is 7.11. The quantitative estimate of drug-likeness (QED) is 0.868. The standard InChI is InChI=1S/C17H27N3O2S/c1-12(13-7-10-22-11-8-13)19-17(21)18-9-6-16-20-14-4-2-3-5-15(14)23-16/h12-13H,2-11H2,1H3,(H2,18,19,21). The molecule has 1 aliphatic carbocycles. The lowest BCUT2D eigenvalue weighted by Gasteiger charge is -2.28. The van der Waals surface area contributed by atoms with Crippen molar-refractivity contribution in [3.8, 4) is 0 Å². The van der Waals surface area contributed by atoms with Gasteiger partial charge in [-0.15, -0.1) is 11.3 Å². The molecule has 1 fully saturated rings. The number of urea groups is 1. The zero-order valence-corrected chi connectivity index (χ0v) is 14.7. The lowest BCUT2D eigenvalue weighted by atomic mass is 9.93. The molecule has 1 aromatic rings. The lowest BCUT2D eigenvalue weighted by Crippen LogP contribution is -2.45. The van der Waals surface area contributed by atoms with Crippen LogP contribution in [0.1, 0.15) is 48.2 Å². The number of hydrogen-bond donors (Lipinski definition) is 2. The van der Waals surface area contributed by atoms with E-state index >= 15 is 0 Å². The monoisotopic (exact) mass is 337 g/mol. The van der Waals surface area contributed by atoms with Crippen molar-refractivity contribution in [1.29, 1.82) is 0 Å². The van der Waals surface area contributed by atoms with E-state index < -0.39 is 0 Å². The molecule has 2 N–H and O–H groups in total. The molecule has 5 nitrogen and oxygen atoms in total. The van der Waals surface area contributed by atoms with Crippen LogP contribution in [0.15, 0.2) is 0 Å². The predicted molar refractivity (Wildman–Crippen MR) is 92.0 cm³/mol. The molecule has 23 heavy (non-hydrogen) atoms. The van der Waals surface area contributed by atoms with Gasteiger partial charge in [0, 0.05) is 37.1 Å². The van der Waals surface area contributed by atoms with Crippen molar-refractivity contribution < 1.29 is 9.53 Å². The van der Waals surface area contributed by atoms with E-state index in [1.54, 1.807) is 0 Å². The SMILES string of the molecule is CC(NC(=O)NCCc1nc2c(s1)CCCC2)C1CCOCC1. The summed E-state index contributed by atoms with van der Waals surface area (Å²) in [5.41, 5.74) is 1.30. The van der Waals surface area contributed by atoms with E-state index in [2.05, 4.69) is 17.6 Å². The normalized spacial score (nSPS) is 19.9. The maximum Gasteiger partial charge on any atom is 0.315 e. The fraction of sp³-hybridized carbons (Fsp3) is 0.765. The molecule has 0 radical (unpaired) electrons. The van der Waals surface area contributed by atoms with Gasteiger partial charge in [-0.3, -0.25) is 0 Å². The Hall–Kier alpha value is -1.14. The number of nitrogens with zero attached hydrogens (tertiary/aromatic N) is 1. The van der Waals surface area contributed by atoms with E-state index in [1.807, 2.05) is 11.3 Å². The van der Waals surface area contributed by atoms with Gasteiger partial charge in [0.2, 0.25) is 0 Å². The summed E-state index contributed by atoms with van der Waals surface area (Å²) in [4.78, 5) is 18.2. The molecule has 0 aromatic carbocycles. The first kappa shape index (κ1) is 16.7. The van der Waals surface area contributed by atoms with E-state index in [9.17, 15) is 4.79 Å². The van der Waals surface area contributed by atoms with Crippen LogP contribution in [0.2, 0.25) is 0 Å². The summed E-state index contributed by atoms with van der Waals surface area (Å²) in [6.07, 6.45) is 7.77. The molecule has 1 saturated heterocycles. The highest BCUT2D eigenvalue weighted by Crippen LogP contribution is 2.26. The third-order valence-electron chi connectivity index (χ3n) is 4.85. The van der Waals surface area contributed by atoms with Gasteiger partial charge in [-0.25, -0.2) is 9.78 Å². The Labute approximate surface area is 142 Å². The third-order valence-corrected chi connectivity index (χ3v) is 6.06. The maximum atomic E-state index is 12.0. The number of fused-ring (bicyclic) bond motifs is 1. The number of hydrogen-bond acceptors (Lipinski definition) is 4. The zero-order chi connectivity index (χ0) is 16.1. The Kier molecular flexibility index (Phi) is 5.89. The highest BCUT2D eigenvalue weighted by Gasteiger charge is 2.21.